The molecule has 0 bridgehead atoms. The minimum absolute atomic E-state index is 0.00102. The molecule has 2 saturated heterocycles. The molecule has 1 aromatic rings. The molecule has 1 aromatic heterocycles. The highest BCUT2D eigenvalue weighted by Crippen LogP contribution is 2.33. The van der Waals surface area contributed by atoms with Crippen molar-refractivity contribution < 1.29 is 32.7 Å². The lowest BCUT2D eigenvalue weighted by molar-refractivity contribution is -0.192. The third-order valence-electron chi connectivity index (χ3n) is 4.33. The van der Waals surface area contributed by atoms with Crippen LogP contribution in [0.5, 0.6) is 0 Å². The van der Waals surface area contributed by atoms with Gasteiger partial charge in [0, 0.05) is 18.5 Å². The summed E-state index contributed by atoms with van der Waals surface area (Å²) in [4.78, 5) is 31.4. The van der Waals surface area contributed by atoms with Crippen molar-refractivity contribution in [2.24, 2.45) is 5.92 Å². The van der Waals surface area contributed by atoms with Gasteiger partial charge in [-0.25, -0.2) is 9.86 Å². The highest BCUT2D eigenvalue weighted by atomic mass is 19.4. The molecule has 3 heterocycles. The van der Waals surface area contributed by atoms with Crippen LogP contribution in [0.3, 0.4) is 0 Å². The van der Waals surface area contributed by atoms with Crippen molar-refractivity contribution in [1.82, 2.24) is 15.4 Å². The molecule has 11 heteroatoms. The number of hydrogen-bond acceptors (Lipinski definition) is 6. The molecular formula is C17H19F3N4O4. The number of carboxylic acid groups (broad SMARTS) is 1. The predicted molar refractivity (Wildman–Crippen MR) is 88.4 cm³/mol. The number of hydrogen-bond donors (Lipinski definition) is 2. The number of halogens is 3. The molecule has 2 N–H and O–H groups in total. The Morgan fingerprint density at radius 2 is 1.96 bits per heavy atom. The van der Waals surface area contributed by atoms with E-state index in [1.54, 1.807) is 18.3 Å². The number of hydroxylamine groups is 2. The minimum atomic E-state index is -5.08. The highest BCUT2D eigenvalue weighted by Gasteiger charge is 2.38. The Morgan fingerprint density at radius 1 is 1.32 bits per heavy atom. The maximum Gasteiger partial charge on any atom is 0.490 e. The quantitative estimate of drug-likeness (QED) is 0.778. The van der Waals surface area contributed by atoms with Crippen molar-refractivity contribution in [2.45, 2.75) is 31.5 Å². The van der Waals surface area contributed by atoms with Crippen LogP contribution in [0, 0.1) is 17.2 Å². The van der Waals surface area contributed by atoms with Gasteiger partial charge < -0.3 is 10.4 Å². The second kappa shape index (κ2) is 9.48. The maximum absolute atomic E-state index is 12.6. The molecule has 2 fully saturated rings. The van der Waals surface area contributed by atoms with Gasteiger partial charge in [0.15, 0.2) is 0 Å². The van der Waals surface area contributed by atoms with E-state index in [4.69, 9.17) is 14.7 Å². The van der Waals surface area contributed by atoms with Gasteiger partial charge in [-0.05, 0) is 38.1 Å². The summed E-state index contributed by atoms with van der Waals surface area (Å²) in [6.45, 7) is 2.21. The van der Waals surface area contributed by atoms with Crippen molar-refractivity contribution in [2.75, 3.05) is 19.7 Å². The second-order valence-electron chi connectivity index (χ2n) is 6.18. The number of carbonyl (C=O) groups excluding carboxylic acids is 1. The van der Waals surface area contributed by atoms with Crippen LogP contribution in [0.15, 0.2) is 18.3 Å². The molecule has 28 heavy (non-hydrogen) atoms. The molecule has 8 nitrogen and oxygen atoms in total. The lowest BCUT2D eigenvalue weighted by Gasteiger charge is -2.29. The number of carbonyl (C=O) groups is 2. The van der Waals surface area contributed by atoms with Crippen molar-refractivity contribution in [3.63, 3.8) is 0 Å². The summed E-state index contributed by atoms with van der Waals surface area (Å²) in [7, 11) is 0. The summed E-state index contributed by atoms with van der Waals surface area (Å²) in [5.74, 6) is -2.73. The van der Waals surface area contributed by atoms with E-state index in [1.165, 1.54) is 5.06 Å². The van der Waals surface area contributed by atoms with E-state index in [-0.39, 0.29) is 17.9 Å². The summed E-state index contributed by atoms with van der Waals surface area (Å²) < 4.78 is 31.7. The first-order valence-electron chi connectivity index (χ1n) is 8.57. The van der Waals surface area contributed by atoms with Gasteiger partial charge in [-0.3, -0.25) is 14.6 Å². The van der Waals surface area contributed by atoms with E-state index in [9.17, 15) is 23.2 Å². The van der Waals surface area contributed by atoms with Gasteiger partial charge in [0.05, 0.1) is 17.9 Å². The molecule has 152 valence electrons. The summed E-state index contributed by atoms with van der Waals surface area (Å²) in [6.07, 6.45) is -1.08. The molecule has 0 aliphatic carbocycles. The Hall–Kier alpha value is -2.71. The standard InChI is InChI=1S/C15H18N4O2.C2HF3O2/c16-10-12-2-1-6-18-14(12)13-5-9-21-19(13)15(20)11-3-7-17-8-4-11;3-2(4,5)1(6)7/h1-2,6,11,13,17H,3-5,7-9H2;(H,6,7)/t13-;/m0./s1. The van der Waals surface area contributed by atoms with Crippen LogP contribution in [0.25, 0.3) is 0 Å². The fourth-order valence-electron chi connectivity index (χ4n) is 2.96. The van der Waals surface area contributed by atoms with E-state index >= 15 is 0 Å². The number of nitrogens with one attached hydrogen (secondary N) is 1. The van der Waals surface area contributed by atoms with Gasteiger partial charge in [0.2, 0.25) is 5.91 Å². The SMILES string of the molecule is N#Cc1cccnc1[C@@H]1CCON1C(=O)C1CCNCC1.O=C(O)C(F)(F)F. The van der Waals surface area contributed by atoms with Crippen LogP contribution in [-0.4, -0.2) is 52.9 Å². The van der Waals surface area contributed by atoms with Crippen LogP contribution >= 0.6 is 0 Å². The predicted octanol–water partition coefficient (Wildman–Crippen LogP) is 1.79. The Kier molecular flexibility index (Phi) is 7.31. The number of pyridine rings is 1. The summed E-state index contributed by atoms with van der Waals surface area (Å²) in [5.41, 5.74) is 1.15. The number of nitrogens with zero attached hydrogens (tertiary/aromatic N) is 3. The maximum atomic E-state index is 12.6. The van der Waals surface area contributed by atoms with Crippen molar-refractivity contribution in [1.29, 1.82) is 5.26 Å². The molecule has 3 rings (SSSR count). The van der Waals surface area contributed by atoms with Crippen LogP contribution in [-0.2, 0) is 14.4 Å². The average Bonchev–Trinajstić information content (AvgIpc) is 3.17. The fraction of sp³-hybridized carbons (Fsp3) is 0.529. The van der Waals surface area contributed by atoms with Gasteiger partial charge in [-0.2, -0.15) is 18.4 Å². The molecule has 0 unspecified atom stereocenters. The summed E-state index contributed by atoms with van der Waals surface area (Å²) >= 11 is 0. The van der Waals surface area contributed by atoms with Crippen LogP contribution in [0.1, 0.15) is 36.6 Å². The van der Waals surface area contributed by atoms with Crippen LogP contribution in [0.4, 0.5) is 13.2 Å². The van der Waals surface area contributed by atoms with E-state index < -0.39 is 12.1 Å². The zero-order chi connectivity index (χ0) is 20.7. The lowest BCUT2D eigenvalue weighted by atomic mass is 9.96. The minimum Gasteiger partial charge on any atom is -0.475 e. The molecule has 0 spiro atoms. The van der Waals surface area contributed by atoms with E-state index in [0.29, 0.717) is 24.3 Å². The number of alkyl halides is 3. The van der Waals surface area contributed by atoms with Crippen molar-refractivity contribution in [3.8, 4) is 6.07 Å². The fourth-order valence-corrected chi connectivity index (χ4v) is 2.96. The molecule has 0 aromatic carbocycles. The average molecular weight is 400 g/mol. The zero-order valence-corrected chi connectivity index (χ0v) is 14.8. The van der Waals surface area contributed by atoms with Crippen molar-refractivity contribution >= 4 is 11.9 Å². The van der Waals surface area contributed by atoms with Gasteiger partial charge in [0.25, 0.3) is 0 Å². The van der Waals surface area contributed by atoms with E-state index in [1.807, 2.05) is 0 Å². The number of carboxylic acids is 1. The lowest BCUT2D eigenvalue weighted by Crippen LogP contribution is -2.40. The second-order valence-corrected chi connectivity index (χ2v) is 6.18. The normalized spacial score (nSPS) is 20.1. The Bertz CT molecular complexity index is 745. The molecule has 2 aliphatic heterocycles. The van der Waals surface area contributed by atoms with E-state index in [2.05, 4.69) is 16.4 Å². The molecule has 1 atom stereocenters. The highest BCUT2D eigenvalue weighted by molar-refractivity contribution is 5.78. The third-order valence-corrected chi connectivity index (χ3v) is 4.33. The molecular weight excluding hydrogens is 381 g/mol. The number of amides is 1. The van der Waals surface area contributed by atoms with Gasteiger partial charge >= 0.3 is 12.1 Å². The number of rotatable bonds is 2. The number of piperidine rings is 1. The molecule has 0 radical (unpaired) electrons. The Labute approximate surface area is 158 Å². The largest absolute Gasteiger partial charge is 0.490 e. The third kappa shape index (κ3) is 5.40. The number of nitriles is 1. The summed E-state index contributed by atoms with van der Waals surface area (Å²) in [6, 6.07) is 5.36. The molecule has 0 saturated carbocycles. The Morgan fingerprint density at radius 3 is 2.54 bits per heavy atom. The topological polar surface area (TPSA) is 116 Å². The number of aliphatic carboxylic acids is 1. The molecule has 2 aliphatic rings. The van der Waals surface area contributed by atoms with Crippen molar-refractivity contribution in [3.05, 3.63) is 29.6 Å². The summed E-state index contributed by atoms with van der Waals surface area (Å²) in [5, 5.41) is 21.0. The first kappa shape index (κ1) is 21.6. The van der Waals surface area contributed by atoms with Crippen LogP contribution < -0.4 is 5.32 Å². The van der Waals surface area contributed by atoms with E-state index in [0.717, 1.165) is 25.9 Å². The van der Waals surface area contributed by atoms with Gasteiger partial charge in [-0.15, -0.1) is 0 Å². The first-order valence-corrected chi connectivity index (χ1v) is 8.57. The number of aromatic nitrogens is 1. The first-order chi connectivity index (χ1) is 13.3. The Balaban J connectivity index is 0.000000345. The van der Waals surface area contributed by atoms with Crippen LogP contribution in [0.2, 0.25) is 0 Å². The van der Waals surface area contributed by atoms with Gasteiger partial charge in [0.1, 0.15) is 12.1 Å². The molecule has 1 amide bonds. The smallest absolute Gasteiger partial charge is 0.475 e. The van der Waals surface area contributed by atoms with Gasteiger partial charge in [-0.1, -0.05) is 0 Å². The zero-order valence-electron chi connectivity index (χ0n) is 14.8. The monoisotopic (exact) mass is 400 g/mol.